The first kappa shape index (κ1) is 17.3. The van der Waals surface area contributed by atoms with Crippen LogP contribution in [0.5, 0.6) is 11.5 Å². The summed E-state index contributed by atoms with van der Waals surface area (Å²) in [7, 11) is 0. The van der Waals surface area contributed by atoms with Gasteiger partial charge in [0.15, 0.2) is 11.5 Å². The molecular formula is C16H25NO4. The Morgan fingerprint density at radius 2 is 1.81 bits per heavy atom. The zero-order chi connectivity index (χ0) is 15.9. The minimum Gasteiger partial charge on any atom is -0.490 e. The maximum Gasteiger partial charge on any atom is 0.251 e. The molecule has 0 bridgehead atoms. The molecule has 1 rings (SSSR count). The molecule has 0 radical (unpaired) electrons. The number of nitrogens with one attached hydrogen (secondary N) is 1. The van der Waals surface area contributed by atoms with Gasteiger partial charge in [-0.3, -0.25) is 4.79 Å². The van der Waals surface area contributed by atoms with Gasteiger partial charge < -0.3 is 19.9 Å². The number of carbonyl (C=O) groups excluding carboxylic acids is 1. The van der Waals surface area contributed by atoms with E-state index in [1.807, 2.05) is 27.7 Å². The summed E-state index contributed by atoms with van der Waals surface area (Å²) < 4.78 is 11.0. The van der Waals surface area contributed by atoms with Crippen molar-refractivity contribution in [3.63, 3.8) is 0 Å². The van der Waals surface area contributed by atoms with Gasteiger partial charge >= 0.3 is 0 Å². The van der Waals surface area contributed by atoms with Crippen molar-refractivity contribution >= 4 is 5.91 Å². The van der Waals surface area contributed by atoms with Gasteiger partial charge in [0, 0.05) is 17.7 Å². The highest BCUT2D eigenvalue weighted by atomic mass is 16.5. The van der Waals surface area contributed by atoms with E-state index in [2.05, 4.69) is 5.32 Å². The Morgan fingerprint density at radius 3 is 2.38 bits per heavy atom. The number of rotatable bonds is 8. The molecule has 0 unspecified atom stereocenters. The van der Waals surface area contributed by atoms with Crippen LogP contribution in [0.4, 0.5) is 0 Å². The van der Waals surface area contributed by atoms with Gasteiger partial charge in [0.1, 0.15) is 0 Å². The predicted octanol–water partition coefficient (Wildman–Crippen LogP) is 2.37. The molecule has 0 saturated carbocycles. The molecule has 2 N–H and O–H groups in total. The van der Waals surface area contributed by atoms with Gasteiger partial charge in [-0.15, -0.1) is 0 Å². The van der Waals surface area contributed by atoms with E-state index < -0.39 is 5.54 Å². The molecule has 0 heterocycles. The van der Waals surface area contributed by atoms with Crippen molar-refractivity contribution in [2.24, 2.45) is 0 Å². The van der Waals surface area contributed by atoms with Crippen LogP contribution in [0.15, 0.2) is 18.2 Å². The monoisotopic (exact) mass is 295 g/mol. The maximum atomic E-state index is 12.3. The molecule has 0 atom stereocenters. The second-order valence-corrected chi connectivity index (χ2v) is 5.34. The van der Waals surface area contributed by atoms with Crippen LogP contribution in [0.3, 0.4) is 0 Å². The van der Waals surface area contributed by atoms with Crippen LogP contribution in [-0.4, -0.2) is 36.4 Å². The Labute approximate surface area is 126 Å². The molecule has 0 aliphatic carbocycles. The van der Waals surface area contributed by atoms with E-state index in [0.717, 1.165) is 0 Å². The summed E-state index contributed by atoms with van der Waals surface area (Å²) in [5, 5.41) is 11.9. The van der Waals surface area contributed by atoms with E-state index >= 15 is 0 Å². The lowest BCUT2D eigenvalue weighted by Gasteiger charge is -2.25. The first-order valence-corrected chi connectivity index (χ1v) is 7.26. The zero-order valence-corrected chi connectivity index (χ0v) is 13.2. The van der Waals surface area contributed by atoms with E-state index in [1.165, 1.54) is 0 Å². The second kappa shape index (κ2) is 7.88. The van der Waals surface area contributed by atoms with Crippen molar-refractivity contribution in [3.8, 4) is 11.5 Å². The minimum atomic E-state index is -0.462. The highest BCUT2D eigenvalue weighted by Crippen LogP contribution is 2.28. The van der Waals surface area contributed by atoms with Crippen LogP contribution < -0.4 is 14.8 Å². The number of ether oxygens (including phenoxy) is 2. The molecule has 0 spiro atoms. The molecule has 0 fully saturated rings. The topological polar surface area (TPSA) is 67.8 Å². The van der Waals surface area contributed by atoms with Crippen LogP contribution in [0.1, 0.15) is 44.5 Å². The number of carbonyl (C=O) groups is 1. The van der Waals surface area contributed by atoms with E-state index in [0.29, 0.717) is 36.7 Å². The number of aliphatic hydroxyl groups is 1. The fraction of sp³-hybridized carbons (Fsp3) is 0.562. The number of aliphatic hydroxyl groups excluding tert-OH is 1. The van der Waals surface area contributed by atoms with Gasteiger partial charge in [-0.25, -0.2) is 0 Å². The minimum absolute atomic E-state index is 0.0285. The van der Waals surface area contributed by atoms with Crippen molar-refractivity contribution in [2.45, 2.75) is 39.7 Å². The molecule has 118 valence electrons. The average molecular weight is 295 g/mol. The molecule has 0 aliphatic heterocycles. The lowest BCUT2D eigenvalue weighted by atomic mass is 10.0. The first-order chi connectivity index (χ1) is 9.93. The number of hydrogen-bond donors (Lipinski definition) is 2. The molecule has 0 aliphatic rings. The third kappa shape index (κ3) is 5.27. The molecule has 0 aromatic heterocycles. The van der Waals surface area contributed by atoms with Gasteiger partial charge in [-0.05, 0) is 52.3 Å². The highest BCUT2D eigenvalue weighted by molar-refractivity contribution is 5.95. The van der Waals surface area contributed by atoms with Crippen molar-refractivity contribution in [2.75, 3.05) is 19.8 Å². The molecule has 5 nitrogen and oxygen atoms in total. The van der Waals surface area contributed by atoms with Crippen LogP contribution in [0.25, 0.3) is 0 Å². The van der Waals surface area contributed by atoms with Crippen molar-refractivity contribution < 1.29 is 19.4 Å². The summed E-state index contributed by atoms with van der Waals surface area (Å²) in [6.07, 6.45) is 0.494. The lowest BCUT2D eigenvalue weighted by Crippen LogP contribution is -2.44. The smallest absolute Gasteiger partial charge is 0.251 e. The zero-order valence-electron chi connectivity index (χ0n) is 13.2. The molecule has 1 aromatic rings. The highest BCUT2D eigenvalue weighted by Gasteiger charge is 2.21. The standard InChI is InChI=1S/C16H25NO4/c1-5-20-13-8-7-12(11-14(13)21-6-2)15(19)17-16(3,4)9-10-18/h7-8,11,18H,5-6,9-10H2,1-4H3,(H,17,19). The van der Waals surface area contributed by atoms with Crippen LogP contribution in [0.2, 0.25) is 0 Å². The molecular weight excluding hydrogens is 270 g/mol. The number of benzene rings is 1. The molecule has 21 heavy (non-hydrogen) atoms. The van der Waals surface area contributed by atoms with Gasteiger partial charge in [0.25, 0.3) is 5.91 Å². The Bertz CT molecular complexity index is 471. The third-order valence-electron chi connectivity index (χ3n) is 2.99. The van der Waals surface area contributed by atoms with E-state index in [-0.39, 0.29) is 12.5 Å². The van der Waals surface area contributed by atoms with E-state index in [4.69, 9.17) is 14.6 Å². The normalized spacial score (nSPS) is 11.1. The molecule has 1 amide bonds. The fourth-order valence-corrected chi connectivity index (χ4v) is 1.91. The van der Waals surface area contributed by atoms with Crippen molar-refractivity contribution in [3.05, 3.63) is 23.8 Å². The van der Waals surface area contributed by atoms with E-state index in [9.17, 15) is 4.79 Å². The van der Waals surface area contributed by atoms with Crippen molar-refractivity contribution in [1.82, 2.24) is 5.32 Å². The van der Waals surface area contributed by atoms with Crippen molar-refractivity contribution in [1.29, 1.82) is 0 Å². The third-order valence-corrected chi connectivity index (χ3v) is 2.99. The quantitative estimate of drug-likeness (QED) is 0.772. The van der Waals surface area contributed by atoms with Gasteiger partial charge in [0.05, 0.1) is 13.2 Å². The Balaban J connectivity index is 2.92. The summed E-state index contributed by atoms with van der Waals surface area (Å²) in [4.78, 5) is 12.3. The Kier molecular flexibility index (Phi) is 6.49. The number of hydrogen-bond acceptors (Lipinski definition) is 4. The van der Waals surface area contributed by atoms with Gasteiger partial charge in [0.2, 0.25) is 0 Å². The number of amides is 1. The average Bonchev–Trinajstić information content (AvgIpc) is 2.40. The largest absolute Gasteiger partial charge is 0.490 e. The maximum absolute atomic E-state index is 12.3. The van der Waals surface area contributed by atoms with Gasteiger partial charge in [-0.2, -0.15) is 0 Å². The summed E-state index contributed by atoms with van der Waals surface area (Å²) in [6, 6.07) is 5.12. The summed E-state index contributed by atoms with van der Waals surface area (Å²) in [5.41, 5.74) is 0.0452. The SMILES string of the molecule is CCOc1ccc(C(=O)NC(C)(C)CCO)cc1OCC. The molecule has 0 saturated heterocycles. The predicted molar refractivity (Wildman–Crippen MR) is 82.0 cm³/mol. The fourth-order valence-electron chi connectivity index (χ4n) is 1.91. The van der Waals surface area contributed by atoms with Crippen LogP contribution in [0, 0.1) is 0 Å². The molecule has 5 heteroatoms. The summed E-state index contributed by atoms with van der Waals surface area (Å²) in [6.45, 7) is 8.59. The summed E-state index contributed by atoms with van der Waals surface area (Å²) >= 11 is 0. The van der Waals surface area contributed by atoms with E-state index in [1.54, 1.807) is 18.2 Å². The first-order valence-electron chi connectivity index (χ1n) is 7.26. The Hall–Kier alpha value is -1.75. The molecule has 1 aromatic carbocycles. The lowest BCUT2D eigenvalue weighted by molar-refractivity contribution is 0.0899. The van der Waals surface area contributed by atoms with Crippen LogP contribution >= 0.6 is 0 Å². The second-order valence-electron chi connectivity index (χ2n) is 5.34. The summed E-state index contributed by atoms with van der Waals surface area (Å²) in [5.74, 6) is 0.995. The Morgan fingerprint density at radius 1 is 1.19 bits per heavy atom. The van der Waals surface area contributed by atoms with Gasteiger partial charge in [-0.1, -0.05) is 0 Å². The van der Waals surface area contributed by atoms with Crippen LogP contribution in [-0.2, 0) is 0 Å².